The Balaban J connectivity index is 1.24. The van der Waals surface area contributed by atoms with Gasteiger partial charge in [-0.15, -0.1) is 0 Å². The number of piperidine rings is 1. The van der Waals surface area contributed by atoms with Gasteiger partial charge in [-0.3, -0.25) is 9.59 Å². The first kappa shape index (κ1) is 19.2. The molecule has 1 fully saturated rings. The molecule has 156 valence electrons. The van der Waals surface area contributed by atoms with Crippen LogP contribution in [0.4, 0.5) is 5.69 Å². The number of furan rings is 2. The summed E-state index contributed by atoms with van der Waals surface area (Å²) >= 11 is 0. The molecule has 31 heavy (non-hydrogen) atoms. The van der Waals surface area contributed by atoms with Crippen molar-refractivity contribution < 1.29 is 18.4 Å². The number of para-hydroxylation sites is 1. The monoisotopic (exact) mass is 414 g/mol. The highest BCUT2D eigenvalue weighted by Crippen LogP contribution is 2.29. The Labute approximate surface area is 179 Å². The van der Waals surface area contributed by atoms with Gasteiger partial charge in [-0.1, -0.05) is 18.2 Å². The summed E-state index contributed by atoms with van der Waals surface area (Å²) in [4.78, 5) is 27.0. The van der Waals surface area contributed by atoms with E-state index in [4.69, 9.17) is 8.83 Å². The molecule has 0 unspecified atom stereocenters. The number of nitrogens with one attached hydrogen (secondary N) is 1. The van der Waals surface area contributed by atoms with Crippen LogP contribution in [0.1, 0.15) is 23.4 Å². The summed E-state index contributed by atoms with van der Waals surface area (Å²) in [6, 6.07) is 20.8. The summed E-state index contributed by atoms with van der Waals surface area (Å²) in [5.41, 5.74) is 2.52. The van der Waals surface area contributed by atoms with Crippen molar-refractivity contribution in [3.63, 3.8) is 0 Å². The summed E-state index contributed by atoms with van der Waals surface area (Å²) < 4.78 is 11.1. The molecular weight excluding hydrogens is 392 g/mol. The summed E-state index contributed by atoms with van der Waals surface area (Å²) in [5, 5.41) is 4.04. The van der Waals surface area contributed by atoms with Crippen LogP contribution in [0.5, 0.6) is 0 Å². The molecule has 2 aromatic carbocycles. The maximum atomic E-state index is 12.8. The van der Waals surface area contributed by atoms with Crippen molar-refractivity contribution in [2.24, 2.45) is 5.92 Å². The molecule has 6 heteroatoms. The number of amides is 2. The molecular formula is C25H22N2O4. The number of anilines is 1. The highest BCUT2D eigenvalue weighted by atomic mass is 16.3. The van der Waals surface area contributed by atoms with Crippen LogP contribution in [0, 0.1) is 5.92 Å². The predicted molar refractivity (Wildman–Crippen MR) is 118 cm³/mol. The highest BCUT2D eigenvalue weighted by molar-refractivity contribution is 5.95. The summed E-state index contributed by atoms with van der Waals surface area (Å²) in [6.45, 7) is 1.03. The van der Waals surface area contributed by atoms with E-state index in [1.807, 2.05) is 54.6 Å². The highest BCUT2D eigenvalue weighted by Gasteiger charge is 2.29. The molecule has 2 amide bonds. The van der Waals surface area contributed by atoms with Gasteiger partial charge in [-0.2, -0.15) is 0 Å². The summed E-state index contributed by atoms with van der Waals surface area (Å²) in [6.07, 6.45) is 3.02. The second-order valence-electron chi connectivity index (χ2n) is 7.78. The Morgan fingerprint density at radius 1 is 1.00 bits per heavy atom. The number of hydrogen-bond acceptors (Lipinski definition) is 4. The van der Waals surface area contributed by atoms with Crippen molar-refractivity contribution in [1.29, 1.82) is 0 Å². The van der Waals surface area contributed by atoms with Crippen LogP contribution >= 0.6 is 0 Å². The van der Waals surface area contributed by atoms with E-state index in [0.29, 0.717) is 18.8 Å². The average Bonchev–Trinajstić information content (AvgIpc) is 3.49. The van der Waals surface area contributed by atoms with Gasteiger partial charge in [0.15, 0.2) is 5.76 Å². The van der Waals surface area contributed by atoms with Crippen molar-refractivity contribution in [2.75, 3.05) is 18.4 Å². The van der Waals surface area contributed by atoms with Gasteiger partial charge < -0.3 is 19.1 Å². The molecule has 1 aliphatic heterocycles. The fourth-order valence-corrected chi connectivity index (χ4v) is 4.02. The molecule has 0 bridgehead atoms. The number of carbonyl (C=O) groups excluding carboxylic acids is 2. The van der Waals surface area contributed by atoms with E-state index in [2.05, 4.69) is 5.32 Å². The van der Waals surface area contributed by atoms with Crippen LogP contribution in [-0.4, -0.2) is 29.8 Å². The summed E-state index contributed by atoms with van der Waals surface area (Å²) in [7, 11) is 0. The van der Waals surface area contributed by atoms with Gasteiger partial charge in [0.2, 0.25) is 5.91 Å². The van der Waals surface area contributed by atoms with E-state index in [9.17, 15) is 9.59 Å². The standard InChI is InChI=1S/C25H22N2O4/c28-24(19-6-3-13-27(16-19)25(29)22-8-4-14-30-22)26-20-11-9-17(10-12-20)23-15-18-5-1-2-7-21(18)31-23/h1-2,4-5,7-12,14-15,19H,3,6,13,16H2,(H,26,28)/t19-/m1/s1. The second-order valence-corrected chi connectivity index (χ2v) is 7.78. The minimum Gasteiger partial charge on any atom is -0.459 e. The molecule has 0 radical (unpaired) electrons. The lowest BCUT2D eigenvalue weighted by Crippen LogP contribution is -2.43. The molecule has 1 aliphatic rings. The zero-order valence-electron chi connectivity index (χ0n) is 16.9. The number of carbonyl (C=O) groups is 2. The van der Waals surface area contributed by atoms with Crippen molar-refractivity contribution in [1.82, 2.24) is 4.90 Å². The minimum absolute atomic E-state index is 0.0755. The van der Waals surface area contributed by atoms with Gasteiger partial charge >= 0.3 is 0 Å². The van der Waals surface area contributed by atoms with E-state index in [0.717, 1.165) is 40.8 Å². The third-order valence-corrected chi connectivity index (χ3v) is 5.67. The maximum absolute atomic E-state index is 12.8. The molecule has 2 aromatic heterocycles. The van der Waals surface area contributed by atoms with Crippen LogP contribution in [-0.2, 0) is 4.79 Å². The number of hydrogen-bond donors (Lipinski definition) is 1. The Morgan fingerprint density at radius 3 is 2.61 bits per heavy atom. The number of nitrogens with zero attached hydrogens (tertiary/aromatic N) is 1. The Bertz CT molecular complexity index is 1180. The van der Waals surface area contributed by atoms with Gasteiger partial charge in [0.1, 0.15) is 11.3 Å². The number of benzene rings is 2. The van der Waals surface area contributed by atoms with Crippen molar-refractivity contribution in [2.45, 2.75) is 12.8 Å². The first-order valence-electron chi connectivity index (χ1n) is 10.4. The number of fused-ring (bicyclic) bond motifs is 1. The SMILES string of the molecule is O=C(Nc1ccc(-c2cc3ccccc3o2)cc1)[C@@H]1CCCN(C(=O)c2ccco2)C1. The minimum atomic E-state index is -0.247. The van der Waals surface area contributed by atoms with Crippen molar-refractivity contribution in [3.8, 4) is 11.3 Å². The fraction of sp³-hybridized carbons (Fsp3) is 0.200. The van der Waals surface area contributed by atoms with E-state index >= 15 is 0 Å². The molecule has 6 nitrogen and oxygen atoms in total. The first-order valence-corrected chi connectivity index (χ1v) is 10.4. The largest absolute Gasteiger partial charge is 0.459 e. The summed E-state index contributed by atoms with van der Waals surface area (Å²) in [5.74, 6) is 0.606. The van der Waals surface area contributed by atoms with E-state index < -0.39 is 0 Å². The Morgan fingerprint density at radius 2 is 1.84 bits per heavy atom. The van der Waals surface area contributed by atoms with Crippen LogP contribution in [0.15, 0.2) is 81.8 Å². The molecule has 5 rings (SSSR count). The quantitative estimate of drug-likeness (QED) is 0.499. The van der Waals surface area contributed by atoms with Gasteiger partial charge in [0, 0.05) is 29.7 Å². The smallest absolute Gasteiger partial charge is 0.289 e. The number of rotatable bonds is 4. The van der Waals surface area contributed by atoms with Crippen LogP contribution in [0.3, 0.4) is 0 Å². The third-order valence-electron chi connectivity index (χ3n) is 5.67. The Kier molecular flexibility index (Phi) is 5.04. The van der Waals surface area contributed by atoms with Gasteiger partial charge in [-0.05, 0) is 61.4 Å². The lowest BCUT2D eigenvalue weighted by Gasteiger charge is -2.31. The Hall–Kier alpha value is -3.80. The molecule has 0 saturated carbocycles. The van der Waals surface area contributed by atoms with Gasteiger partial charge in [0.05, 0.1) is 12.2 Å². The lowest BCUT2D eigenvalue weighted by molar-refractivity contribution is -0.121. The van der Waals surface area contributed by atoms with Gasteiger partial charge in [0.25, 0.3) is 5.91 Å². The number of likely N-dealkylation sites (tertiary alicyclic amines) is 1. The maximum Gasteiger partial charge on any atom is 0.289 e. The van der Waals surface area contributed by atoms with E-state index in [-0.39, 0.29) is 17.7 Å². The molecule has 1 saturated heterocycles. The molecule has 1 atom stereocenters. The molecule has 0 aliphatic carbocycles. The molecule has 4 aromatic rings. The van der Waals surface area contributed by atoms with Crippen LogP contribution in [0.2, 0.25) is 0 Å². The van der Waals surface area contributed by atoms with Gasteiger partial charge in [-0.25, -0.2) is 0 Å². The second kappa shape index (κ2) is 8.14. The zero-order valence-corrected chi connectivity index (χ0v) is 16.9. The normalized spacial score (nSPS) is 16.4. The topological polar surface area (TPSA) is 75.7 Å². The van der Waals surface area contributed by atoms with Crippen molar-refractivity contribution >= 4 is 28.5 Å². The predicted octanol–water partition coefficient (Wildman–Crippen LogP) is 5.18. The third kappa shape index (κ3) is 3.97. The molecule has 0 spiro atoms. The average molecular weight is 414 g/mol. The molecule has 3 heterocycles. The first-order chi connectivity index (χ1) is 15.2. The van der Waals surface area contributed by atoms with Crippen LogP contribution in [0.25, 0.3) is 22.3 Å². The van der Waals surface area contributed by atoms with Crippen molar-refractivity contribution in [3.05, 3.63) is 78.8 Å². The fourth-order valence-electron chi connectivity index (χ4n) is 4.02. The van der Waals surface area contributed by atoms with E-state index in [1.165, 1.54) is 6.26 Å². The lowest BCUT2D eigenvalue weighted by atomic mass is 9.96. The zero-order chi connectivity index (χ0) is 21.2. The van der Waals surface area contributed by atoms with E-state index in [1.54, 1.807) is 17.0 Å². The van der Waals surface area contributed by atoms with Crippen LogP contribution < -0.4 is 5.32 Å². The molecule has 1 N–H and O–H groups in total.